The van der Waals surface area contributed by atoms with Gasteiger partial charge in [0.2, 0.25) is 5.91 Å². The van der Waals surface area contributed by atoms with Crippen LogP contribution in [-0.4, -0.2) is 46.9 Å². The fraction of sp³-hybridized carbons (Fsp3) is 0.368. The highest BCUT2D eigenvalue weighted by molar-refractivity contribution is 6.31. The lowest BCUT2D eigenvalue weighted by Gasteiger charge is -2.34. The zero-order valence-corrected chi connectivity index (χ0v) is 14.5. The Morgan fingerprint density at radius 2 is 1.88 bits per heavy atom. The summed E-state index contributed by atoms with van der Waals surface area (Å²) < 4.78 is 0. The molecule has 0 saturated carbocycles. The summed E-state index contributed by atoms with van der Waals surface area (Å²) in [5.74, 6) is 0.218. The maximum absolute atomic E-state index is 12.4. The molecule has 0 atom stereocenters. The average molecular weight is 344 g/mol. The summed E-state index contributed by atoms with van der Waals surface area (Å²) in [6.07, 6.45) is 4.92. The molecule has 1 amide bonds. The lowest BCUT2D eigenvalue weighted by Crippen LogP contribution is -2.48. The van der Waals surface area contributed by atoms with E-state index in [9.17, 15) is 4.79 Å². The number of carbonyl (C=O) groups is 1. The lowest BCUT2D eigenvalue weighted by molar-refractivity contribution is -0.133. The maximum Gasteiger partial charge on any atom is 0.222 e. The molecule has 1 aromatic carbocycles. The minimum atomic E-state index is 0.218. The van der Waals surface area contributed by atoms with Crippen molar-refractivity contribution >= 4 is 17.5 Å². The number of benzene rings is 1. The molecule has 0 N–H and O–H groups in total. The van der Waals surface area contributed by atoms with Crippen LogP contribution < -0.4 is 0 Å². The summed E-state index contributed by atoms with van der Waals surface area (Å²) in [4.78, 5) is 20.9. The highest BCUT2D eigenvalue weighted by atomic mass is 35.5. The molecule has 0 aliphatic carbocycles. The minimum absolute atomic E-state index is 0.218. The average Bonchev–Trinajstić information content (AvgIpc) is 2.62. The number of aryl methyl sites for hydroxylation is 1. The van der Waals surface area contributed by atoms with Crippen molar-refractivity contribution in [3.63, 3.8) is 0 Å². The molecule has 0 bridgehead atoms. The van der Waals surface area contributed by atoms with Gasteiger partial charge in [-0.1, -0.05) is 35.9 Å². The molecule has 5 heteroatoms. The first kappa shape index (κ1) is 16.9. The largest absolute Gasteiger partial charge is 0.340 e. The molecule has 0 unspecified atom stereocenters. The normalized spacial score (nSPS) is 15.5. The second-order valence-corrected chi connectivity index (χ2v) is 6.52. The van der Waals surface area contributed by atoms with E-state index in [1.54, 1.807) is 6.20 Å². The number of hydrogen-bond acceptors (Lipinski definition) is 3. The highest BCUT2D eigenvalue weighted by Gasteiger charge is 2.21. The summed E-state index contributed by atoms with van der Waals surface area (Å²) >= 11 is 6.15. The van der Waals surface area contributed by atoms with Gasteiger partial charge in [-0.25, -0.2) is 0 Å². The van der Waals surface area contributed by atoms with Gasteiger partial charge in [-0.2, -0.15) is 0 Å². The van der Waals surface area contributed by atoms with Crippen molar-refractivity contribution in [2.24, 2.45) is 0 Å². The van der Waals surface area contributed by atoms with Gasteiger partial charge in [-0.3, -0.25) is 14.7 Å². The van der Waals surface area contributed by atoms with Crippen molar-refractivity contribution < 1.29 is 4.79 Å². The van der Waals surface area contributed by atoms with Gasteiger partial charge in [-0.05, 0) is 29.7 Å². The van der Waals surface area contributed by atoms with Gasteiger partial charge >= 0.3 is 0 Å². The van der Waals surface area contributed by atoms with Gasteiger partial charge in [0.05, 0.1) is 0 Å². The van der Waals surface area contributed by atoms with Crippen LogP contribution in [0.4, 0.5) is 0 Å². The molecule has 1 aromatic heterocycles. The van der Waals surface area contributed by atoms with Gasteiger partial charge in [0.25, 0.3) is 0 Å². The number of piperazine rings is 1. The van der Waals surface area contributed by atoms with Crippen LogP contribution >= 0.6 is 11.6 Å². The quantitative estimate of drug-likeness (QED) is 0.837. The molecule has 1 aliphatic rings. The molecule has 0 spiro atoms. The number of amides is 1. The molecule has 2 aromatic rings. The molecular weight excluding hydrogens is 322 g/mol. The smallest absolute Gasteiger partial charge is 0.222 e. The number of nitrogens with zero attached hydrogens (tertiary/aromatic N) is 3. The Balaban J connectivity index is 1.44. The topological polar surface area (TPSA) is 36.4 Å². The summed E-state index contributed by atoms with van der Waals surface area (Å²) in [7, 11) is 0. The highest BCUT2D eigenvalue weighted by Crippen LogP contribution is 2.17. The van der Waals surface area contributed by atoms with Crippen molar-refractivity contribution in [2.75, 3.05) is 26.2 Å². The maximum atomic E-state index is 12.4. The van der Waals surface area contributed by atoms with E-state index in [-0.39, 0.29) is 5.91 Å². The van der Waals surface area contributed by atoms with Gasteiger partial charge in [0.15, 0.2) is 0 Å². The molecule has 2 heterocycles. The number of rotatable bonds is 5. The van der Waals surface area contributed by atoms with E-state index in [1.807, 2.05) is 41.4 Å². The SMILES string of the molecule is O=C(CCc1ccccc1Cl)N1CCN(Cc2cccnc2)CC1. The van der Waals surface area contributed by atoms with Crippen LogP contribution in [0, 0.1) is 0 Å². The third-order valence-electron chi connectivity index (χ3n) is 4.42. The van der Waals surface area contributed by atoms with Crippen LogP contribution in [0.3, 0.4) is 0 Å². The Kier molecular flexibility index (Phi) is 5.83. The zero-order chi connectivity index (χ0) is 16.8. The van der Waals surface area contributed by atoms with Gasteiger partial charge in [-0.15, -0.1) is 0 Å². The number of aromatic nitrogens is 1. The first-order valence-electron chi connectivity index (χ1n) is 8.35. The summed E-state index contributed by atoms with van der Waals surface area (Å²) in [5, 5.41) is 0.742. The van der Waals surface area contributed by atoms with Crippen LogP contribution in [0.15, 0.2) is 48.8 Å². The Morgan fingerprint density at radius 3 is 2.58 bits per heavy atom. The number of carbonyl (C=O) groups excluding carboxylic acids is 1. The van der Waals surface area contributed by atoms with E-state index in [0.29, 0.717) is 12.8 Å². The summed E-state index contributed by atoms with van der Waals surface area (Å²) in [6.45, 7) is 4.30. The van der Waals surface area contributed by atoms with Gasteiger partial charge in [0, 0.05) is 56.6 Å². The Morgan fingerprint density at radius 1 is 1.08 bits per heavy atom. The van der Waals surface area contributed by atoms with Gasteiger partial charge in [0.1, 0.15) is 0 Å². The Labute approximate surface area is 148 Å². The Hall–Kier alpha value is -1.91. The first-order chi connectivity index (χ1) is 11.7. The molecular formula is C19H22ClN3O. The molecule has 0 radical (unpaired) electrons. The second kappa shape index (κ2) is 8.27. The summed E-state index contributed by atoms with van der Waals surface area (Å²) in [5.41, 5.74) is 2.26. The van der Waals surface area contributed by atoms with E-state index in [4.69, 9.17) is 11.6 Å². The van der Waals surface area contributed by atoms with Crippen molar-refractivity contribution in [1.29, 1.82) is 0 Å². The van der Waals surface area contributed by atoms with E-state index in [0.717, 1.165) is 43.3 Å². The van der Waals surface area contributed by atoms with E-state index < -0.39 is 0 Å². The third-order valence-corrected chi connectivity index (χ3v) is 4.79. The fourth-order valence-corrected chi connectivity index (χ4v) is 3.24. The molecule has 126 valence electrons. The van der Waals surface area contributed by atoms with Crippen LogP contribution in [0.2, 0.25) is 5.02 Å². The van der Waals surface area contributed by atoms with Crippen LogP contribution in [0.5, 0.6) is 0 Å². The molecule has 1 saturated heterocycles. The van der Waals surface area contributed by atoms with Gasteiger partial charge < -0.3 is 4.90 Å². The minimum Gasteiger partial charge on any atom is -0.340 e. The van der Waals surface area contributed by atoms with Crippen LogP contribution in [0.1, 0.15) is 17.5 Å². The first-order valence-corrected chi connectivity index (χ1v) is 8.72. The van der Waals surface area contributed by atoms with E-state index in [2.05, 4.69) is 16.0 Å². The molecule has 3 rings (SSSR count). The van der Waals surface area contributed by atoms with E-state index >= 15 is 0 Å². The van der Waals surface area contributed by atoms with Crippen molar-refractivity contribution in [3.05, 3.63) is 64.9 Å². The van der Waals surface area contributed by atoms with Crippen LogP contribution in [0.25, 0.3) is 0 Å². The third kappa shape index (κ3) is 4.56. The monoisotopic (exact) mass is 343 g/mol. The Bertz CT molecular complexity index is 669. The molecule has 24 heavy (non-hydrogen) atoms. The van der Waals surface area contributed by atoms with Crippen molar-refractivity contribution in [1.82, 2.24) is 14.8 Å². The number of hydrogen-bond donors (Lipinski definition) is 0. The van der Waals surface area contributed by atoms with Crippen LogP contribution in [-0.2, 0) is 17.8 Å². The number of halogens is 1. The fourth-order valence-electron chi connectivity index (χ4n) is 3.01. The predicted molar refractivity (Wildman–Crippen MR) is 95.9 cm³/mol. The second-order valence-electron chi connectivity index (χ2n) is 6.11. The van der Waals surface area contributed by atoms with E-state index in [1.165, 1.54) is 5.56 Å². The van der Waals surface area contributed by atoms with Crippen molar-refractivity contribution in [3.8, 4) is 0 Å². The number of pyridine rings is 1. The molecule has 1 aliphatic heterocycles. The molecule has 1 fully saturated rings. The standard InChI is InChI=1S/C19H22ClN3O/c20-18-6-2-1-5-17(18)7-8-19(24)23-12-10-22(11-13-23)15-16-4-3-9-21-14-16/h1-6,9,14H,7-8,10-13,15H2. The zero-order valence-electron chi connectivity index (χ0n) is 13.7. The summed E-state index contributed by atoms with van der Waals surface area (Å²) in [6, 6.07) is 11.8. The lowest BCUT2D eigenvalue weighted by atomic mass is 10.1. The predicted octanol–water partition coefficient (Wildman–Crippen LogP) is 3.01. The molecule has 4 nitrogen and oxygen atoms in total. The van der Waals surface area contributed by atoms with Crippen molar-refractivity contribution in [2.45, 2.75) is 19.4 Å².